The number of benzene rings is 2. The van der Waals surface area contributed by atoms with E-state index in [0.717, 1.165) is 0 Å². The number of urea groups is 1. The fourth-order valence-corrected chi connectivity index (χ4v) is 2.58. The predicted molar refractivity (Wildman–Crippen MR) is 94.1 cm³/mol. The highest BCUT2D eigenvalue weighted by Gasteiger charge is 2.21. The van der Waals surface area contributed by atoms with Crippen LogP contribution in [0.5, 0.6) is 5.75 Å². The zero-order valence-electron chi connectivity index (χ0n) is 13.0. The van der Waals surface area contributed by atoms with Gasteiger partial charge in [0.05, 0.1) is 12.2 Å². The van der Waals surface area contributed by atoms with Crippen molar-refractivity contribution in [3.8, 4) is 5.75 Å². The first-order valence-electron chi connectivity index (χ1n) is 7.41. The number of hydrogen-bond acceptors (Lipinski definition) is 3. The molecule has 24 heavy (non-hydrogen) atoms. The third-order valence-electron chi connectivity index (χ3n) is 3.56. The van der Waals surface area contributed by atoms with E-state index in [-0.39, 0.29) is 11.9 Å². The Labute approximate surface area is 144 Å². The van der Waals surface area contributed by atoms with Crippen molar-refractivity contribution < 1.29 is 14.3 Å². The first-order valence-corrected chi connectivity index (χ1v) is 7.79. The van der Waals surface area contributed by atoms with Gasteiger partial charge in [0.2, 0.25) is 5.91 Å². The molecule has 0 bridgehead atoms. The highest BCUT2D eigenvalue weighted by Crippen LogP contribution is 2.34. The maximum atomic E-state index is 12.1. The number of carbonyl (C=O) groups excluding carboxylic acids is 2. The normalized spacial score (nSPS) is 12.8. The average Bonchev–Trinajstić information content (AvgIpc) is 2.56. The zero-order chi connectivity index (χ0) is 17.1. The molecule has 1 heterocycles. The molecule has 7 heteroatoms. The van der Waals surface area contributed by atoms with Gasteiger partial charge >= 0.3 is 6.03 Å². The molecule has 3 amide bonds. The lowest BCUT2D eigenvalue weighted by Gasteiger charge is -2.29. The maximum absolute atomic E-state index is 12.1. The summed E-state index contributed by atoms with van der Waals surface area (Å²) in [5, 5.41) is 6.05. The number of rotatable bonds is 2. The van der Waals surface area contributed by atoms with Crippen molar-refractivity contribution in [3.05, 3.63) is 47.5 Å². The molecule has 0 unspecified atom stereocenters. The van der Waals surface area contributed by atoms with Crippen LogP contribution in [0.3, 0.4) is 0 Å². The minimum atomic E-state index is -0.386. The summed E-state index contributed by atoms with van der Waals surface area (Å²) in [6.45, 7) is 2.45. The Morgan fingerprint density at radius 2 is 1.75 bits per heavy atom. The van der Waals surface area contributed by atoms with Crippen molar-refractivity contribution in [2.75, 3.05) is 28.7 Å². The monoisotopic (exact) mass is 345 g/mol. The van der Waals surface area contributed by atoms with Gasteiger partial charge in [-0.25, -0.2) is 4.79 Å². The van der Waals surface area contributed by atoms with Crippen LogP contribution in [0.1, 0.15) is 6.92 Å². The van der Waals surface area contributed by atoms with E-state index < -0.39 is 0 Å². The lowest BCUT2D eigenvalue weighted by atomic mass is 10.2. The van der Waals surface area contributed by atoms with Crippen molar-refractivity contribution in [2.24, 2.45) is 0 Å². The van der Waals surface area contributed by atoms with Crippen LogP contribution in [-0.4, -0.2) is 25.1 Å². The molecule has 0 saturated carbocycles. The molecule has 0 fully saturated rings. The molecule has 0 radical (unpaired) electrons. The highest BCUT2D eigenvalue weighted by molar-refractivity contribution is 6.30. The molecule has 2 N–H and O–H groups in total. The number of amides is 3. The summed E-state index contributed by atoms with van der Waals surface area (Å²) in [6, 6.07) is 11.6. The smallest absolute Gasteiger partial charge is 0.323 e. The number of halogens is 1. The van der Waals surface area contributed by atoms with Crippen molar-refractivity contribution >= 4 is 40.6 Å². The number of nitrogens with zero attached hydrogens (tertiary/aromatic N) is 1. The van der Waals surface area contributed by atoms with Gasteiger partial charge < -0.3 is 20.3 Å². The Morgan fingerprint density at radius 3 is 2.46 bits per heavy atom. The topological polar surface area (TPSA) is 70.7 Å². The van der Waals surface area contributed by atoms with E-state index in [0.29, 0.717) is 41.0 Å². The Kier molecular flexibility index (Phi) is 4.57. The van der Waals surface area contributed by atoms with E-state index in [1.807, 2.05) is 0 Å². The Morgan fingerprint density at radius 1 is 1.08 bits per heavy atom. The molecule has 0 atom stereocenters. The summed E-state index contributed by atoms with van der Waals surface area (Å²) in [7, 11) is 0. The minimum absolute atomic E-state index is 0.0673. The summed E-state index contributed by atoms with van der Waals surface area (Å²) in [4.78, 5) is 25.4. The molecule has 6 nitrogen and oxygen atoms in total. The number of ether oxygens (including phenoxy) is 1. The standard InChI is InChI=1S/C17H16ClN3O3/c1-11(22)21-8-9-24-16-7-6-14(10-15(16)21)20-17(23)19-13-4-2-12(18)3-5-13/h2-7,10H,8-9H2,1H3,(H2,19,20,23). The second-order valence-electron chi connectivity index (χ2n) is 5.29. The van der Waals surface area contributed by atoms with Crippen molar-refractivity contribution in [1.82, 2.24) is 0 Å². The summed E-state index contributed by atoms with van der Waals surface area (Å²) in [6.07, 6.45) is 0. The van der Waals surface area contributed by atoms with Gasteiger partial charge in [0, 0.05) is 23.3 Å². The predicted octanol–water partition coefficient (Wildman–Crippen LogP) is 3.73. The second-order valence-corrected chi connectivity index (χ2v) is 5.72. The second kappa shape index (κ2) is 6.80. The average molecular weight is 346 g/mol. The van der Waals surface area contributed by atoms with Crippen LogP contribution in [0.2, 0.25) is 5.02 Å². The van der Waals surface area contributed by atoms with E-state index in [2.05, 4.69) is 10.6 Å². The van der Waals surface area contributed by atoms with E-state index in [9.17, 15) is 9.59 Å². The van der Waals surface area contributed by atoms with Gasteiger partial charge in [0.25, 0.3) is 0 Å². The van der Waals surface area contributed by atoms with Crippen molar-refractivity contribution in [2.45, 2.75) is 6.92 Å². The van der Waals surface area contributed by atoms with Crippen molar-refractivity contribution in [3.63, 3.8) is 0 Å². The Hall–Kier alpha value is -2.73. The number of anilines is 3. The van der Waals surface area contributed by atoms with E-state index in [4.69, 9.17) is 16.3 Å². The molecular formula is C17H16ClN3O3. The van der Waals surface area contributed by atoms with Crippen LogP contribution in [0.4, 0.5) is 21.9 Å². The van der Waals surface area contributed by atoms with Gasteiger partial charge in [-0.3, -0.25) is 4.79 Å². The third-order valence-corrected chi connectivity index (χ3v) is 3.81. The fraction of sp³-hybridized carbons (Fsp3) is 0.176. The molecule has 0 spiro atoms. The van der Waals surface area contributed by atoms with Gasteiger partial charge in [-0.2, -0.15) is 0 Å². The maximum Gasteiger partial charge on any atom is 0.323 e. The molecule has 1 aliphatic heterocycles. The first-order chi connectivity index (χ1) is 11.5. The van der Waals surface area contributed by atoms with E-state index in [1.54, 1.807) is 47.4 Å². The molecule has 3 rings (SSSR count). The molecule has 124 valence electrons. The third kappa shape index (κ3) is 3.60. The number of nitrogens with one attached hydrogen (secondary N) is 2. The van der Waals surface area contributed by atoms with Crippen LogP contribution in [0.25, 0.3) is 0 Å². The van der Waals surface area contributed by atoms with Crippen LogP contribution in [0.15, 0.2) is 42.5 Å². The van der Waals surface area contributed by atoms with Gasteiger partial charge in [0.15, 0.2) is 0 Å². The van der Waals surface area contributed by atoms with Crippen LogP contribution < -0.4 is 20.3 Å². The van der Waals surface area contributed by atoms with E-state index >= 15 is 0 Å². The Balaban J connectivity index is 1.73. The van der Waals surface area contributed by atoms with Gasteiger partial charge in [-0.1, -0.05) is 11.6 Å². The number of hydrogen-bond donors (Lipinski definition) is 2. The fourth-order valence-electron chi connectivity index (χ4n) is 2.45. The van der Waals surface area contributed by atoms with E-state index in [1.165, 1.54) is 6.92 Å². The molecule has 0 aliphatic carbocycles. The largest absolute Gasteiger partial charge is 0.490 e. The molecule has 0 aromatic heterocycles. The lowest BCUT2D eigenvalue weighted by molar-refractivity contribution is -0.116. The summed E-state index contributed by atoms with van der Waals surface area (Å²) < 4.78 is 5.54. The van der Waals surface area contributed by atoms with Crippen molar-refractivity contribution in [1.29, 1.82) is 0 Å². The summed E-state index contributed by atoms with van der Waals surface area (Å²) in [5.74, 6) is 0.558. The molecule has 2 aromatic carbocycles. The SMILES string of the molecule is CC(=O)N1CCOc2ccc(NC(=O)Nc3ccc(Cl)cc3)cc21. The van der Waals surface area contributed by atoms with Gasteiger partial charge in [0.1, 0.15) is 12.4 Å². The van der Waals surface area contributed by atoms with Gasteiger partial charge in [-0.05, 0) is 42.5 Å². The van der Waals surface area contributed by atoms with Crippen LogP contribution in [-0.2, 0) is 4.79 Å². The Bertz CT molecular complexity index is 777. The molecular weight excluding hydrogens is 330 g/mol. The quantitative estimate of drug-likeness (QED) is 0.871. The number of fused-ring (bicyclic) bond motifs is 1. The van der Waals surface area contributed by atoms with Crippen LogP contribution >= 0.6 is 11.6 Å². The summed E-state index contributed by atoms with van der Waals surface area (Å²) in [5.41, 5.74) is 1.85. The van der Waals surface area contributed by atoms with Gasteiger partial charge in [-0.15, -0.1) is 0 Å². The summed E-state index contributed by atoms with van der Waals surface area (Å²) >= 11 is 5.81. The highest BCUT2D eigenvalue weighted by atomic mass is 35.5. The minimum Gasteiger partial charge on any atom is -0.490 e. The molecule has 1 aliphatic rings. The first kappa shape index (κ1) is 16.1. The molecule has 0 saturated heterocycles. The molecule has 2 aromatic rings. The number of carbonyl (C=O) groups is 2. The zero-order valence-corrected chi connectivity index (χ0v) is 13.8. The van der Waals surface area contributed by atoms with Crippen LogP contribution in [0, 0.1) is 0 Å². The lowest BCUT2D eigenvalue weighted by Crippen LogP contribution is -2.36.